The van der Waals surface area contributed by atoms with E-state index in [1.54, 1.807) is 6.07 Å². The van der Waals surface area contributed by atoms with E-state index in [4.69, 9.17) is 11.6 Å². The summed E-state index contributed by atoms with van der Waals surface area (Å²) in [5.74, 6) is -0.0793. The van der Waals surface area contributed by atoms with Gasteiger partial charge in [0.05, 0.1) is 18.7 Å². The largest absolute Gasteiger partial charge is 0.350 e. The lowest BCUT2D eigenvalue weighted by molar-refractivity contribution is -0.120. The summed E-state index contributed by atoms with van der Waals surface area (Å²) >= 11 is 6.01. The monoisotopic (exact) mass is 275 g/mol. The van der Waals surface area contributed by atoms with Gasteiger partial charge in [-0.3, -0.25) is 4.79 Å². The van der Waals surface area contributed by atoms with Gasteiger partial charge in [0.15, 0.2) is 0 Å². The van der Waals surface area contributed by atoms with E-state index >= 15 is 0 Å². The Bertz CT molecular complexity index is 586. The van der Waals surface area contributed by atoms with Gasteiger partial charge in [0.2, 0.25) is 5.91 Å². The maximum atomic E-state index is 11.8. The minimum absolute atomic E-state index is 0.0793. The molecule has 1 amide bonds. The van der Waals surface area contributed by atoms with Crippen LogP contribution in [0.2, 0.25) is 5.02 Å². The standard InChI is InChI=1S/C14H14ClN3O/c1-10-6-12(18-9-17-10)8-16-14(19)7-11-4-2-3-5-13(11)15/h2-6,9H,7-8H2,1H3,(H,16,19). The molecule has 0 aliphatic heterocycles. The van der Waals surface area contributed by atoms with Gasteiger partial charge in [0.25, 0.3) is 0 Å². The molecule has 1 heterocycles. The van der Waals surface area contributed by atoms with Crippen LogP contribution in [0.25, 0.3) is 0 Å². The fourth-order valence-corrected chi connectivity index (χ4v) is 1.88. The fraction of sp³-hybridized carbons (Fsp3) is 0.214. The van der Waals surface area contributed by atoms with Gasteiger partial charge < -0.3 is 5.32 Å². The van der Waals surface area contributed by atoms with Crippen LogP contribution >= 0.6 is 11.6 Å². The lowest BCUT2D eigenvalue weighted by Crippen LogP contribution is -2.25. The highest BCUT2D eigenvalue weighted by Gasteiger charge is 2.06. The zero-order chi connectivity index (χ0) is 13.7. The van der Waals surface area contributed by atoms with Crippen LogP contribution in [0.3, 0.4) is 0 Å². The molecule has 0 spiro atoms. The van der Waals surface area contributed by atoms with E-state index in [1.165, 1.54) is 6.33 Å². The molecule has 1 N–H and O–H groups in total. The summed E-state index contributed by atoms with van der Waals surface area (Å²) in [5.41, 5.74) is 2.49. The number of nitrogens with zero attached hydrogens (tertiary/aromatic N) is 2. The zero-order valence-electron chi connectivity index (χ0n) is 10.6. The second-order valence-electron chi connectivity index (χ2n) is 4.20. The summed E-state index contributed by atoms with van der Waals surface area (Å²) in [4.78, 5) is 19.9. The number of hydrogen-bond acceptors (Lipinski definition) is 3. The highest BCUT2D eigenvalue weighted by atomic mass is 35.5. The van der Waals surface area contributed by atoms with Crippen molar-refractivity contribution in [1.29, 1.82) is 0 Å². The van der Waals surface area contributed by atoms with Crippen molar-refractivity contribution in [3.05, 3.63) is 58.6 Å². The molecule has 98 valence electrons. The number of benzene rings is 1. The second-order valence-corrected chi connectivity index (χ2v) is 4.60. The molecule has 0 fully saturated rings. The first kappa shape index (κ1) is 13.5. The van der Waals surface area contributed by atoms with Gasteiger partial charge in [0, 0.05) is 10.7 Å². The molecule has 1 aromatic carbocycles. The second kappa shape index (κ2) is 6.29. The molecule has 19 heavy (non-hydrogen) atoms. The van der Waals surface area contributed by atoms with Crippen LogP contribution in [0.5, 0.6) is 0 Å². The van der Waals surface area contributed by atoms with E-state index in [1.807, 2.05) is 31.2 Å². The number of amides is 1. The predicted octanol–water partition coefficient (Wildman–Crippen LogP) is 2.30. The molecule has 4 nitrogen and oxygen atoms in total. The Hall–Kier alpha value is -1.94. The number of rotatable bonds is 4. The number of halogens is 1. The highest BCUT2D eigenvalue weighted by Crippen LogP contribution is 2.15. The quantitative estimate of drug-likeness (QED) is 0.931. The molecule has 0 saturated heterocycles. The van der Waals surface area contributed by atoms with Gasteiger partial charge in [-0.25, -0.2) is 9.97 Å². The fourth-order valence-electron chi connectivity index (χ4n) is 1.67. The molecule has 0 radical (unpaired) electrons. The van der Waals surface area contributed by atoms with Crippen molar-refractivity contribution in [2.24, 2.45) is 0 Å². The summed E-state index contributed by atoms with van der Waals surface area (Å²) in [7, 11) is 0. The van der Waals surface area contributed by atoms with Crippen LogP contribution in [-0.4, -0.2) is 15.9 Å². The van der Waals surface area contributed by atoms with Gasteiger partial charge in [-0.2, -0.15) is 0 Å². The number of carbonyl (C=O) groups excluding carboxylic acids is 1. The van der Waals surface area contributed by atoms with E-state index in [9.17, 15) is 4.79 Å². The number of hydrogen-bond donors (Lipinski definition) is 1. The van der Waals surface area contributed by atoms with Gasteiger partial charge in [-0.05, 0) is 24.6 Å². The maximum Gasteiger partial charge on any atom is 0.224 e. The molecule has 1 aromatic heterocycles. The van der Waals surface area contributed by atoms with Crippen molar-refractivity contribution in [3.63, 3.8) is 0 Å². The Kier molecular flexibility index (Phi) is 4.47. The van der Waals surface area contributed by atoms with Gasteiger partial charge >= 0.3 is 0 Å². The minimum Gasteiger partial charge on any atom is -0.350 e. The van der Waals surface area contributed by atoms with E-state index in [0.29, 0.717) is 11.6 Å². The molecule has 0 saturated carbocycles. The van der Waals surface area contributed by atoms with Gasteiger partial charge in [-0.1, -0.05) is 29.8 Å². The first-order valence-corrected chi connectivity index (χ1v) is 6.30. The van der Waals surface area contributed by atoms with Crippen LogP contribution in [0.4, 0.5) is 0 Å². The Labute approximate surface area is 116 Å². The summed E-state index contributed by atoms with van der Waals surface area (Å²) in [5, 5.41) is 3.42. The molecule has 2 rings (SSSR count). The minimum atomic E-state index is -0.0793. The molecule has 0 unspecified atom stereocenters. The summed E-state index contributed by atoms with van der Waals surface area (Å²) in [6.07, 6.45) is 1.76. The van der Waals surface area contributed by atoms with E-state index in [0.717, 1.165) is 17.0 Å². The predicted molar refractivity (Wildman–Crippen MR) is 73.8 cm³/mol. The van der Waals surface area contributed by atoms with Crippen molar-refractivity contribution >= 4 is 17.5 Å². The van der Waals surface area contributed by atoms with Crippen molar-refractivity contribution in [1.82, 2.24) is 15.3 Å². The molecular formula is C14H14ClN3O. The summed E-state index contributed by atoms with van der Waals surface area (Å²) < 4.78 is 0. The van der Waals surface area contributed by atoms with Gasteiger partial charge in [-0.15, -0.1) is 0 Å². The molecule has 0 aliphatic carbocycles. The smallest absolute Gasteiger partial charge is 0.224 e. The van der Waals surface area contributed by atoms with E-state index < -0.39 is 0 Å². The average molecular weight is 276 g/mol. The van der Waals surface area contributed by atoms with Crippen LogP contribution in [0.15, 0.2) is 36.7 Å². The number of aryl methyl sites for hydroxylation is 1. The topological polar surface area (TPSA) is 54.9 Å². The van der Waals surface area contributed by atoms with Crippen molar-refractivity contribution in [2.75, 3.05) is 0 Å². The average Bonchev–Trinajstić information content (AvgIpc) is 2.39. The lowest BCUT2D eigenvalue weighted by Gasteiger charge is -2.06. The molecule has 5 heteroatoms. The van der Waals surface area contributed by atoms with Crippen molar-refractivity contribution < 1.29 is 4.79 Å². The summed E-state index contributed by atoms with van der Waals surface area (Å²) in [6.45, 7) is 2.28. The van der Waals surface area contributed by atoms with E-state index in [-0.39, 0.29) is 12.3 Å². The van der Waals surface area contributed by atoms with Crippen molar-refractivity contribution in [3.8, 4) is 0 Å². The molecule has 0 aliphatic rings. The maximum absolute atomic E-state index is 11.8. The normalized spacial score (nSPS) is 10.2. The van der Waals surface area contributed by atoms with Crippen LogP contribution < -0.4 is 5.32 Å². The first-order chi connectivity index (χ1) is 9.15. The van der Waals surface area contributed by atoms with Crippen molar-refractivity contribution in [2.45, 2.75) is 19.9 Å². The molecule has 0 bridgehead atoms. The number of carbonyl (C=O) groups is 1. The highest BCUT2D eigenvalue weighted by molar-refractivity contribution is 6.31. The Morgan fingerprint density at radius 1 is 1.32 bits per heavy atom. The summed E-state index contributed by atoms with van der Waals surface area (Å²) in [6, 6.07) is 9.17. The third kappa shape index (κ3) is 4.03. The Balaban J connectivity index is 1.90. The lowest BCUT2D eigenvalue weighted by atomic mass is 10.1. The van der Waals surface area contributed by atoms with Crippen LogP contribution in [0.1, 0.15) is 17.0 Å². The van der Waals surface area contributed by atoms with Crippen LogP contribution in [-0.2, 0) is 17.8 Å². The molecule has 2 aromatic rings. The molecule has 0 atom stereocenters. The van der Waals surface area contributed by atoms with Crippen LogP contribution in [0, 0.1) is 6.92 Å². The number of nitrogens with one attached hydrogen (secondary N) is 1. The Morgan fingerprint density at radius 3 is 2.84 bits per heavy atom. The first-order valence-electron chi connectivity index (χ1n) is 5.93. The van der Waals surface area contributed by atoms with E-state index in [2.05, 4.69) is 15.3 Å². The molecular weight excluding hydrogens is 262 g/mol. The number of aromatic nitrogens is 2. The Morgan fingerprint density at radius 2 is 2.11 bits per heavy atom. The zero-order valence-corrected chi connectivity index (χ0v) is 11.3. The SMILES string of the molecule is Cc1cc(CNC(=O)Cc2ccccc2Cl)ncn1. The van der Waals surface area contributed by atoms with Gasteiger partial charge in [0.1, 0.15) is 6.33 Å². The third-order valence-electron chi connectivity index (χ3n) is 2.64. The third-order valence-corrected chi connectivity index (χ3v) is 3.00.